The van der Waals surface area contributed by atoms with Gasteiger partial charge in [0, 0.05) is 12.0 Å². The van der Waals surface area contributed by atoms with Crippen molar-refractivity contribution in [2.45, 2.75) is 17.9 Å². The first-order valence-corrected chi connectivity index (χ1v) is 6.07. The average Bonchev–Trinajstić information content (AvgIpc) is 2.36. The van der Waals surface area contributed by atoms with Crippen molar-refractivity contribution in [2.75, 3.05) is 0 Å². The number of alkyl halides is 1. The smallest absolute Gasteiger partial charge is 0.376 e. The molecule has 0 saturated heterocycles. The largest absolute Gasteiger partial charge is 0.481 e. The minimum absolute atomic E-state index is 0.358. The number of halogens is 1. The molecular formula is C12H11BrO5. The van der Waals surface area contributed by atoms with E-state index in [0.717, 1.165) is 0 Å². The van der Waals surface area contributed by atoms with Gasteiger partial charge in [-0.15, -0.1) is 0 Å². The second kappa shape index (κ2) is 6.90. The lowest BCUT2D eigenvalue weighted by molar-refractivity contribution is -0.155. The summed E-state index contributed by atoms with van der Waals surface area (Å²) in [5, 5.41) is 7.67. The molecule has 1 rings (SSSR count). The highest BCUT2D eigenvalue weighted by atomic mass is 79.9. The molecule has 0 aliphatic rings. The lowest BCUT2D eigenvalue weighted by Gasteiger charge is -2.10. The molecule has 18 heavy (non-hydrogen) atoms. The van der Waals surface area contributed by atoms with Crippen molar-refractivity contribution in [1.29, 1.82) is 0 Å². The van der Waals surface area contributed by atoms with Gasteiger partial charge < -0.3 is 9.84 Å². The van der Waals surface area contributed by atoms with Gasteiger partial charge in [0.1, 0.15) is 0 Å². The maximum atomic E-state index is 11.3. The third-order valence-electron chi connectivity index (χ3n) is 2.07. The molecule has 0 heterocycles. The zero-order valence-electron chi connectivity index (χ0n) is 9.34. The molecule has 0 spiro atoms. The van der Waals surface area contributed by atoms with Crippen LogP contribution in [0.15, 0.2) is 30.3 Å². The molecule has 0 radical (unpaired) electrons. The summed E-state index contributed by atoms with van der Waals surface area (Å²) in [5.74, 6) is -3.02. The van der Waals surface area contributed by atoms with Crippen molar-refractivity contribution in [3.63, 3.8) is 0 Å². The molecule has 1 aromatic carbocycles. The molecule has 1 aromatic rings. The van der Waals surface area contributed by atoms with Gasteiger partial charge in [-0.25, -0.2) is 4.79 Å². The van der Waals surface area contributed by atoms with Crippen molar-refractivity contribution in [1.82, 2.24) is 0 Å². The summed E-state index contributed by atoms with van der Waals surface area (Å²) in [6.45, 7) is 0. The van der Waals surface area contributed by atoms with Gasteiger partial charge in [-0.1, -0.05) is 30.3 Å². The van der Waals surface area contributed by atoms with E-state index in [0.29, 0.717) is 5.56 Å². The highest BCUT2D eigenvalue weighted by Crippen LogP contribution is 2.23. The molecule has 0 aliphatic carbocycles. The molecule has 0 fully saturated rings. The standard InChI is InChI=1S/C12H11BrO5/c13-11(8-4-2-1-3-5-8)18-12(17)9(14)6-7-10(15)16/h1-5,11H,6-7H2,(H,15,16). The first-order valence-electron chi connectivity index (χ1n) is 5.15. The van der Waals surface area contributed by atoms with E-state index in [1.54, 1.807) is 24.3 Å². The summed E-state index contributed by atoms with van der Waals surface area (Å²) in [4.78, 5) is 32.9. The normalized spacial score (nSPS) is 11.6. The monoisotopic (exact) mass is 314 g/mol. The van der Waals surface area contributed by atoms with E-state index in [-0.39, 0.29) is 12.8 Å². The van der Waals surface area contributed by atoms with Crippen LogP contribution < -0.4 is 0 Å². The number of carbonyl (C=O) groups excluding carboxylic acids is 2. The van der Waals surface area contributed by atoms with Gasteiger partial charge in [0.05, 0.1) is 6.42 Å². The minimum atomic E-state index is -1.13. The lowest BCUT2D eigenvalue weighted by Crippen LogP contribution is -2.19. The van der Waals surface area contributed by atoms with Gasteiger partial charge in [-0.2, -0.15) is 0 Å². The first kappa shape index (κ1) is 14.4. The number of hydrogen-bond donors (Lipinski definition) is 1. The molecular weight excluding hydrogens is 304 g/mol. The highest BCUT2D eigenvalue weighted by molar-refractivity contribution is 9.09. The van der Waals surface area contributed by atoms with Gasteiger partial charge in [-0.3, -0.25) is 9.59 Å². The summed E-state index contributed by atoms with van der Waals surface area (Å²) in [6.07, 6.45) is -0.741. The molecule has 0 aromatic heterocycles. The van der Waals surface area contributed by atoms with E-state index < -0.39 is 22.7 Å². The Morgan fingerprint density at radius 1 is 1.17 bits per heavy atom. The summed E-state index contributed by atoms with van der Waals surface area (Å²) in [6, 6.07) is 8.80. The van der Waals surface area contributed by atoms with Crippen LogP contribution in [0.1, 0.15) is 23.4 Å². The van der Waals surface area contributed by atoms with Gasteiger partial charge in [0.15, 0.2) is 5.01 Å². The van der Waals surface area contributed by atoms with E-state index in [1.165, 1.54) is 0 Å². The molecule has 1 atom stereocenters. The van der Waals surface area contributed by atoms with Crippen molar-refractivity contribution in [3.8, 4) is 0 Å². The fourth-order valence-electron chi connectivity index (χ4n) is 1.15. The molecule has 96 valence electrons. The topological polar surface area (TPSA) is 80.7 Å². The van der Waals surface area contributed by atoms with Crippen molar-refractivity contribution in [2.24, 2.45) is 0 Å². The van der Waals surface area contributed by atoms with Crippen LogP contribution in [0, 0.1) is 0 Å². The van der Waals surface area contributed by atoms with E-state index in [9.17, 15) is 14.4 Å². The lowest BCUT2D eigenvalue weighted by atomic mass is 10.2. The SMILES string of the molecule is O=C(O)CCC(=O)C(=O)OC(Br)c1ccccc1. The van der Waals surface area contributed by atoms with Crippen LogP contribution in [-0.4, -0.2) is 22.8 Å². The summed E-state index contributed by atoms with van der Waals surface area (Å²) in [7, 11) is 0. The van der Waals surface area contributed by atoms with Crippen LogP contribution >= 0.6 is 15.9 Å². The number of ketones is 1. The third kappa shape index (κ3) is 4.67. The predicted molar refractivity (Wildman–Crippen MR) is 66.1 cm³/mol. The van der Waals surface area contributed by atoms with Crippen LogP contribution in [0.4, 0.5) is 0 Å². The van der Waals surface area contributed by atoms with Gasteiger partial charge >= 0.3 is 11.9 Å². The summed E-state index contributed by atoms with van der Waals surface area (Å²) < 4.78 is 4.87. The van der Waals surface area contributed by atoms with Gasteiger partial charge in [0.2, 0.25) is 5.78 Å². The zero-order valence-corrected chi connectivity index (χ0v) is 10.9. The number of esters is 1. The maximum absolute atomic E-state index is 11.3. The first-order chi connectivity index (χ1) is 8.50. The van der Waals surface area contributed by atoms with Crippen LogP contribution in [-0.2, 0) is 19.1 Å². The van der Waals surface area contributed by atoms with Gasteiger partial charge in [-0.05, 0) is 15.9 Å². The summed E-state index contributed by atoms with van der Waals surface area (Å²) in [5.41, 5.74) is 0.692. The number of aliphatic carboxylic acids is 1. The number of carbonyl (C=O) groups is 3. The Morgan fingerprint density at radius 2 is 1.78 bits per heavy atom. The number of rotatable bonds is 6. The number of Topliss-reactive ketones (excluding diaryl/α,β-unsaturated/α-hetero) is 1. The Bertz CT molecular complexity index is 443. The Morgan fingerprint density at radius 3 is 2.33 bits per heavy atom. The van der Waals surface area contributed by atoms with Crippen LogP contribution in [0.3, 0.4) is 0 Å². The average molecular weight is 315 g/mol. The van der Waals surface area contributed by atoms with E-state index in [1.807, 2.05) is 6.07 Å². The highest BCUT2D eigenvalue weighted by Gasteiger charge is 2.20. The van der Waals surface area contributed by atoms with Crippen molar-refractivity contribution in [3.05, 3.63) is 35.9 Å². The van der Waals surface area contributed by atoms with Gasteiger partial charge in [0.25, 0.3) is 0 Å². The molecule has 5 nitrogen and oxygen atoms in total. The number of ether oxygens (including phenoxy) is 1. The van der Waals surface area contributed by atoms with Crippen LogP contribution in [0.2, 0.25) is 0 Å². The molecule has 1 N–H and O–H groups in total. The van der Waals surface area contributed by atoms with Crippen molar-refractivity contribution < 1.29 is 24.2 Å². The van der Waals surface area contributed by atoms with E-state index in [2.05, 4.69) is 15.9 Å². The van der Waals surface area contributed by atoms with Crippen LogP contribution in [0.5, 0.6) is 0 Å². The molecule has 6 heteroatoms. The molecule has 1 unspecified atom stereocenters. The predicted octanol–water partition coefficient (Wildman–Crippen LogP) is 2.06. The van der Waals surface area contributed by atoms with E-state index in [4.69, 9.17) is 9.84 Å². The Labute approximate surface area is 112 Å². The molecule has 0 bridgehead atoms. The Balaban J connectivity index is 2.49. The summed E-state index contributed by atoms with van der Waals surface area (Å²) >= 11 is 3.12. The number of benzene rings is 1. The van der Waals surface area contributed by atoms with Crippen LogP contribution in [0.25, 0.3) is 0 Å². The fourth-order valence-corrected chi connectivity index (χ4v) is 1.63. The third-order valence-corrected chi connectivity index (χ3v) is 2.78. The zero-order chi connectivity index (χ0) is 13.5. The van der Waals surface area contributed by atoms with E-state index >= 15 is 0 Å². The number of carboxylic acid groups (broad SMARTS) is 1. The maximum Gasteiger partial charge on any atom is 0.376 e. The molecule has 0 saturated carbocycles. The molecule has 0 amide bonds. The number of hydrogen-bond acceptors (Lipinski definition) is 4. The number of carboxylic acids is 1. The Kier molecular flexibility index (Phi) is 5.51. The second-order valence-corrected chi connectivity index (χ2v) is 4.28. The fraction of sp³-hybridized carbons (Fsp3) is 0.250. The van der Waals surface area contributed by atoms with Crippen molar-refractivity contribution >= 4 is 33.7 Å². The molecule has 0 aliphatic heterocycles. The Hall–Kier alpha value is -1.69. The minimum Gasteiger partial charge on any atom is -0.481 e. The second-order valence-electron chi connectivity index (χ2n) is 3.45. The quantitative estimate of drug-likeness (QED) is 0.494.